The van der Waals surface area contributed by atoms with Crippen LogP contribution < -0.4 is 11.5 Å². The molecule has 0 rings (SSSR count). The van der Waals surface area contributed by atoms with E-state index in [1.54, 1.807) is 0 Å². The Balaban J connectivity index is 0. The Labute approximate surface area is 54.8 Å². The lowest BCUT2D eigenvalue weighted by Gasteiger charge is -1.80. The lowest BCUT2D eigenvalue weighted by Crippen LogP contribution is -2.03. The van der Waals surface area contributed by atoms with Gasteiger partial charge in [0.05, 0.1) is 0 Å². The van der Waals surface area contributed by atoms with E-state index in [9.17, 15) is 0 Å². The summed E-state index contributed by atoms with van der Waals surface area (Å²) < 4.78 is 0. The molecule has 0 heterocycles. The van der Waals surface area contributed by atoms with Crippen LogP contribution in [-0.2, 0) is 0 Å². The van der Waals surface area contributed by atoms with Gasteiger partial charge in [0.15, 0.2) is 0 Å². The standard InChI is InChI=1S/C4H11N.CH3NO2/c1-2-3-4-5;2-1(3)4/h2-5H2,1H3;2H2,(H,3,4). The summed E-state index contributed by atoms with van der Waals surface area (Å²) in [6.07, 6.45) is 1.05. The van der Waals surface area contributed by atoms with Crippen molar-refractivity contribution >= 4 is 6.09 Å². The van der Waals surface area contributed by atoms with Crippen LogP contribution in [0, 0.1) is 0 Å². The molecule has 56 valence electrons. The second kappa shape index (κ2) is 10.3. The van der Waals surface area contributed by atoms with Crippen LogP contribution in [-0.4, -0.2) is 17.7 Å². The topological polar surface area (TPSA) is 89.3 Å². The van der Waals surface area contributed by atoms with E-state index in [2.05, 4.69) is 12.7 Å². The van der Waals surface area contributed by atoms with Crippen LogP contribution in [0.1, 0.15) is 19.8 Å². The van der Waals surface area contributed by atoms with Crippen LogP contribution >= 0.6 is 0 Å². The Morgan fingerprint density at radius 2 is 2.00 bits per heavy atom. The number of carboxylic acid groups (broad SMARTS) is 1. The highest BCUT2D eigenvalue weighted by atomic mass is 16.4. The molecule has 4 nitrogen and oxygen atoms in total. The van der Waals surface area contributed by atoms with Crippen molar-refractivity contribution in [2.75, 3.05) is 6.54 Å². The van der Waals surface area contributed by atoms with Crippen molar-refractivity contribution in [3.63, 3.8) is 0 Å². The second-order valence-electron chi connectivity index (χ2n) is 1.48. The predicted molar refractivity (Wildman–Crippen MR) is 36.2 cm³/mol. The summed E-state index contributed by atoms with van der Waals surface area (Å²) in [5.74, 6) is 0. The second-order valence-corrected chi connectivity index (χ2v) is 1.48. The maximum absolute atomic E-state index is 8.78. The zero-order chi connectivity index (χ0) is 7.70. The third kappa shape index (κ3) is 131. The summed E-state index contributed by atoms with van der Waals surface area (Å²) in [5, 5.41) is 7.19. The average molecular weight is 134 g/mol. The van der Waals surface area contributed by atoms with Crippen molar-refractivity contribution in [2.24, 2.45) is 11.5 Å². The largest absolute Gasteiger partial charge is 0.465 e. The number of nitrogens with two attached hydrogens (primary N) is 2. The Morgan fingerprint density at radius 1 is 1.67 bits per heavy atom. The number of hydrogen-bond acceptors (Lipinski definition) is 2. The normalized spacial score (nSPS) is 7.33. The average Bonchev–Trinajstić information content (AvgIpc) is 1.66. The van der Waals surface area contributed by atoms with Crippen LogP contribution in [0.2, 0.25) is 0 Å². The summed E-state index contributed by atoms with van der Waals surface area (Å²) in [6, 6.07) is 0. The van der Waals surface area contributed by atoms with E-state index in [1.807, 2.05) is 0 Å². The van der Waals surface area contributed by atoms with Gasteiger partial charge in [0.1, 0.15) is 0 Å². The van der Waals surface area contributed by atoms with Gasteiger partial charge in [0.25, 0.3) is 0 Å². The van der Waals surface area contributed by atoms with Gasteiger partial charge in [-0.3, -0.25) is 0 Å². The highest BCUT2D eigenvalue weighted by Gasteiger charge is 1.68. The van der Waals surface area contributed by atoms with Gasteiger partial charge in [-0.05, 0) is 13.0 Å². The first-order valence-corrected chi connectivity index (χ1v) is 2.83. The monoisotopic (exact) mass is 134 g/mol. The van der Waals surface area contributed by atoms with Crippen LogP contribution in [0.5, 0.6) is 0 Å². The van der Waals surface area contributed by atoms with Crippen molar-refractivity contribution < 1.29 is 9.90 Å². The molecule has 0 spiro atoms. The summed E-state index contributed by atoms with van der Waals surface area (Å²) in [4.78, 5) is 8.78. The summed E-state index contributed by atoms with van der Waals surface area (Å²) >= 11 is 0. The molecule has 5 N–H and O–H groups in total. The van der Waals surface area contributed by atoms with Crippen LogP contribution in [0.25, 0.3) is 0 Å². The van der Waals surface area contributed by atoms with Crippen LogP contribution in [0.3, 0.4) is 0 Å². The van der Waals surface area contributed by atoms with Crippen molar-refractivity contribution in [1.82, 2.24) is 0 Å². The molecule has 0 aromatic heterocycles. The molecular weight excluding hydrogens is 120 g/mol. The van der Waals surface area contributed by atoms with Crippen LogP contribution in [0.15, 0.2) is 0 Å². The predicted octanol–water partition coefficient (Wildman–Crippen LogP) is 0.368. The van der Waals surface area contributed by atoms with Gasteiger partial charge in [-0.15, -0.1) is 0 Å². The van der Waals surface area contributed by atoms with E-state index in [4.69, 9.17) is 15.6 Å². The third-order valence-corrected chi connectivity index (χ3v) is 0.558. The molecule has 1 amide bonds. The molecule has 0 aromatic rings. The number of rotatable bonds is 2. The van der Waals surface area contributed by atoms with E-state index in [0.29, 0.717) is 0 Å². The van der Waals surface area contributed by atoms with Crippen LogP contribution in [0.4, 0.5) is 4.79 Å². The molecule has 9 heavy (non-hydrogen) atoms. The zero-order valence-electron chi connectivity index (χ0n) is 5.63. The fraction of sp³-hybridized carbons (Fsp3) is 0.800. The first-order chi connectivity index (χ1) is 4.15. The minimum atomic E-state index is -1.33. The van der Waals surface area contributed by atoms with Gasteiger partial charge < -0.3 is 16.6 Å². The molecule has 0 aliphatic rings. The molecular formula is C5H14N2O2. The smallest absolute Gasteiger partial charge is 0.402 e. The lowest BCUT2D eigenvalue weighted by molar-refractivity contribution is 0.205. The van der Waals surface area contributed by atoms with Crippen molar-refractivity contribution in [2.45, 2.75) is 19.8 Å². The first kappa shape index (κ1) is 11.1. The highest BCUT2D eigenvalue weighted by Crippen LogP contribution is 1.77. The fourth-order valence-corrected chi connectivity index (χ4v) is 0.204. The molecule has 4 heteroatoms. The first-order valence-electron chi connectivity index (χ1n) is 2.83. The molecule has 0 saturated heterocycles. The molecule has 0 fully saturated rings. The van der Waals surface area contributed by atoms with E-state index >= 15 is 0 Å². The molecule has 0 saturated carbocycles. The van der Waals surface area contributed by atoms with Gasteiger partial charge in [-0.25, -0.2) is 4.79 Å². The van der Waals surface area contributed by atoms with Crippen molar-refractivity contribution in [1.29, 1.82) is 0 Å². The number of unbranched alkanes of at least 4 members (excludes halogenated alkanes) is 1. The van der Waals surface area contributed by atoms with Gasteiger partial charge in [-0.1, -0.05) is 13.3 Å². The molecule has 0 bridgehead atoms. The van der Waals surface area contributed by atoms with E-state index in [-0.39, 0.29) is 0 Å². The maximum Gasteiger partial charge on any atom is 0.402 e. The molecule has 0 aliphatic heterocycles. The number of amides is 1. The molecule has 0 unspecified atom stereocenters. The van der Waals surface area contributed by atoms with Gasteiger partial charge >= 0.3 is 6.09 Å². The fourth-order valence-electron chi connectivity index (χ4n) is 0.204. The van der Waals surface area contributed by atoms with Crippen molar-refractivity contribution in [3.8, 4) is 0 Å². The van der Waals surface area contributed by atoms with E-state index < -0.39 is 6.09 Å². The maximum atomic E-state index is 8.78. The van der Waals surface area contributed by atoms with E-state index in [0.717, 1.165) is 6.54 Å². The quantitative estimate of drug-likeness (QED) is 0.509. The summed E-state index contributed by atoms with van der Waals surface area (Å²) in [7, 11) is 0. The third-order valence-electron chi connectivity index (χ3n) is 0.558. The number of hydrogen-bond donors (Lipinski definition) is 3. The SMILES string of the molecule is CCCCN.NC(=O)O. The van der Waals surface area contributed by atoms with Crippen molar-refractivity contribution in [3.05, 3.63) is 0 Å². The Kier molecular flexibility index (Phi) is 12.6. The van der Waals surface area contributed by atoms with E-state index in [1.165, 1.54) is 12.8 Å². The molecule has 0 radical (unpaired) electrons. The zero-order valence-corrected chi connectivity index (χ0v) is 5.63. The molecule has 0 atom stereocenters. The van der Waals surface area contributed by atoms with Gasteiger partial charge in [0, 0.05) is 0 Å². The van der Waals surface area contributed by atoms with Gasteiger partial charge in [-0.2, -0.15) is 0 Å². The highest BCUT2D eigenvalue weighted by molar-refractivity contribution is 5.61. The Bertz CT molecular complexity index is 60.0. The molecule has 0 aliphatic carbocycles. The number of carbonyl (C=O) groups is 1. The lowest BCUT2D eigenvalue weighted by atomic mass is 10.3. The number of primary amides is 1. The summed E-state index contributed by atoms with van der Waals surface area (Å²) in [6.45, 7) is 2.98. The molecule has 0 aromatic carbocycles. The minimum Gasteiger partial charge on any atom is -0.465 e. The minimum absolute atomic E-state index is 0.844. The Hall–Kier alpha value is -0.770. The Morgan fingerprint density at radius 3 is 2.00 bits per heavy atom. The van der Waals surface area contributed by atoms with Gasteiger partial charge in [0.2, 0.25) is 0 Å². The summed E-state index contributed by atoms with van der Waals surface area (Å²) in [5.41, 5.74) is 9.17.